The minimum absolute atomic E-state index is 0.319. The van der Waals surface area contributed by atoms with Gasteiger partial charge in [-0.05, 0) is 75.9 Å². The van der Waals surface area contributed by atoms with Crippen molar-refractivity contribution in [3.05, 3.63) is 53.1 Å². The van der Waals surface area contributed by atoms with Crippen LogP contribution in [-0.4, -0.2) is 64.2 Å². The second-order valence-electron chi connectivity index (χ2n) is 11.1. The van der Waals surface area contributed by atoms with Gasteiger partial charge in [0.15, 0.2) is 0 Å². The molecule has 0 aliphatic carbocycles. The molecule has 2 aromatic rings. The number of carbonyl (C=O) groups is 3. The van der Waals surface area contributed by atoms with Crippen molar-refractivity contribution in [2.24, 2.45) is 11.8 Å². The summed E-state index contributed by atoms with van der Waals surface area (Å²) in [6.45, 7) is 7.64. The van der Waals surface area contributed by atoms with Crippen LogP contribution in [0.15, 0.2) is 42.5 Å². The average Bonchev–Trinajstić information content (AvgIpc) is 3.49. The van der Waals surface area contributed by atoms with Gasteiger partial charge in [0.05, 0.1) is 47.4 Å². The number of fused-ring (bicyclic) bond motifs is 1. The number of hydrogen-bond donors (Lipinski definition) is 3. The van der Waals surface area contributed by atoms with Gasteiger partial charge in [0.2, 0.25) is 17.7 Å². The number of nitrogens with one attached hydrogen (secondary N) is 2. The van der Waals surface area contributed by atoms with E-state index in [1.54, 1.807) is 36.4 Å². The largest absolute Gasteiger partial charge is 0.494 e. The second kappa shape index (κ2) is 10.7. The molecule has 214 valence electrons. The van der Waals surface area contributed by atoms with E-state index in [0.717, 1.165) is 5.56 Å². The summed E-state index contributed by atoms with van der Waals surface area (Å²) in [5, 5.41) is 16.5. The summed E-state index contributed by atoms with van der Waals surface area (Å²) in [4.78, 5) is 43.5. The highest BCUT2D eigenvalue weighted by Gasteiger charge is 2.78. The standard InChI is InChI=1S/C30H36ClN3O6/c1-5-19(16-35)34-25(27(37)33-24-17(3)8-7-9-21(24)31)30-15-14-29(4,40-30)22(23(30)28(34)38)26(36)32-18-10-12-20(13-11-18)39-6-2/h7-13,19,22-23,25,35H,5-6,14-16H2,1-4H3,(H,32,36)(H,33,37)/t19-,22+,23-,25?,29-,30?/m0/s1. The molecular formula is C30H36ClN3O6. The summed E-state index contributed by atoms with van der Waals surface area (Å²) in [6.07, 6.45) is 1.38. The van der Waals surface area contributed by atoms with Crippen molar-refractivity contribution in [2.45, 2.75) is 70.2 Å². The molecule has 1 spiro atoms. The van der Waals surface area contributed by atoms with Crippen LogP contribution in [0.25, 0.3) is 0 Å². The fraction of sp³-hybridized carbons (Fsp3) is 0.500. The topological polar surface area (TPSA) is 117 Å². The molecule has 2 bridgehead atoms. The van der Waals surface area contributed by atoms with Crippen molar-refractivity contribution in [1.29, 1.82) is 0 Å². The Morgan fingerprint density at radius 3 is 2.50 bits per heavy atom. The third-order valence-corrected chi connectivity index (χ3v) is 9.04. The number of likely N-dealkylation sites (tertiary alicyclic amines) is 1. The summed E-state index contributed by atoms with van der Waals surface area (Å²) in [5.74, 6) is -2.15. The zero-order valence-corrected chi connectivity index (χ0v) is 24.0. The second-order valence-corrected chi connectivity index (χ2v) is 11.5. The number of halogens is 1. The molecule has 3 heterocycles. The van der Waals surface area contributed by atoms with E-state index in [2.05, 4.69) is 10.6 Å². The maximum absolute atomic E-state index is 14.2. The van der Waals surface area contributed by atoms with E-state index in [1.807, 2.05) is 33.8 Å². The highest BCUT2D eigenvalue weighted by Crippen LogP contribution is 2.63. The number of ether oxygens (including phenoxy) is 2. The molecule has 3 amide bonds. The summed E-state index contributed by atoms with van der Waals surface area (Å²) >= 11 is 6.41. The quantitative estimate of drug-likeness (QED) is 0.417. The van der Waals surface area contributed by atoms with Gasteiger partial charge >= 0.3 is 0 Å². The highest BCUT2D eigenvalue weighted by molar-refractivity contribution is 6.34. The summed E-state index contributed by atoms with van der Waals surface area (Å²) in [5.41, 5.74) is -0.338. The van der Waals surface area contributed by atoms with E-state index >= 15 is 0 Å². The van der Waals surface area contributed by atoms with Crippen molar-refractivity contribution < 1.29 is 29.0 Å². The predicted octanol–water partition coefficient (Wildman–Crippen LogP) is 4.16. The van der Waals surface area contributed by atoms with Crippen LogP contribution in [0.5, 0.6) is 5.75 Å². The first-order valence-corrected chi connectivity index (χ1v) is 14.2. The number of nitrogens with zero attached hydrogens (tertiary/aromatic N) is 1. The number of carbonyl (C=O) groups excluding carboxylic acids is 3. The Morgan fingerprint density at radius 1 is 1.15 bits per heavy atom. The number of hydrogen-bond acceptors (Lipinski definition) is 6. The molecule has 3 saturated heterocycles. The zero-order valence-electron chi connectivity index (χ0n) is 23.2. The van der Waals surface area contributed by atoms with Gasteiger partial charge in [-0.3, -0.25) is 14.4 Å². The van der Waals surface area contributed by atoms with Crippen LogP contribution in [0.4, 0.5) is 11.4 Å². The SMILES string of the molecule is CCOc1ccc(NC(=O)[C@H]2[C@H]3C(=O)N([C@@H](CC)CO)C(C(=O)Nc4c(C)cccc4Cl)C34CC[C@]2(C)O4)cc1. The first-order chi connectivity index (χ1) is 19.1. The van der Waals surface area contributed by atoms with Crippen LogP contribution in [0.1, 0.15) is 45.6 Å². The first kappa shape index (κ1) is 28.4. The lowest BCUT2D eigenvalue weighted by Gasteiger charge is -2.36. The molecule has 6 atom stereocenters. The number of aryl methyl sites for hydroxylation is 1. The van der Waals surface area contributed by atoms with Gasteiger partial charge in [0, 0.05) is 5.69 Å². The molecule has 0 saturated carbocycles. The van der Waals surface area contributed by atoms with Crippen molar-refractivity contribution >= 4 is 40.7 Å². The molecule has 3 aliphatic rings. The molecule has 3 aliphatic heterocycles. The van der Waals surface area contributed by atoms with E-state index in [1.165, 1.54) is 4.90 Å². The fourth-order valence-electron chi connectivity index (χ4n) is 6.87. The maximum atomic E-state index is 14.2. The Kier molecular flexibility index (Phi) is 7.58. The Morgan fingerprint density at radius 2 is 1.88 bits per heavy atom. The van der Waals surface area contributed by atoms with E-state index in [4.69, 9.17) is 21.1 Å². The monoisotopic (exact) mass is 569 g/mol. The zero-order chi connectivity index (χ0) is 28.8. The number of amides is 3. The Balaban J connectivity index is 1.50. The minimum atomic E-state index is -1.21. The van der Waals surface area contributed by atoms with Crippen LogP contribution in [-0.2, 0) is 19.1 Å². The molecule has 2 aromatic carbocycles. The van der Waals surface area contributed by atoms with Crippen molar-refractivity contribution in [3.8, 4) is 5.75 Å². The van der Waals surface area contributed by atoms with Gasteiger partial charge in [0.25, 0.3) is 0 Å². The van der Waals surface area contributed by atoms with Gasteiger partial charge in [0.1, 0.15) is 17.4 Å². The van der Waals surface area contributed by atoms with Crippen LogP contribution >= 0.6 is 11.6 Å². The van der Waals surface area contributed by atoms with Crippen LogP contribution in [0.2, 0.25) is 5.02 Å². The minimum Gasteiger partial charge on any atom is -0.494 e. The van der Waals surface area contributed by atoms with Crippen LogP contribution in [0.3, 0.4) is 0 Å². The molecular weight excluding hydrogens is 534 g/mol. The molecule has 3 fully saturated rings. The third-order valence-electron chi connectivity index (χ3n) is 8.72. The molecule has 0 radical (unpaired) electrons. The molecule has 10 heteroatoms. The van der Waals surface area contributed by atoms with Crippen LogP contribution < -0.4 is 15.4 Å². The number of para-hydroxylation sites is 1. The number of rotatable bonds is 9. The molecule has 0 aromatic heterocycles. The molecule has 40 heavy (non-hydrogen) atoms. The number of aliphatic hydroxyl groups excluding tert-OH is 1. The summed E-state index contributed by atoms with van der Waals surface area (Å²) < 4.78 is 12.1. The average molecular weight is 570 g/mol. The lowest BCUT2D eigenvalue weighted by Crippen LogP contribution is -2.56. The van der Waals surface area contributed by atoms with Crippen molar-refractivity contribution in [3.63, 3.8) is 0 Å². The summed E-state index contributed by atoms with van der Waals surface area (Å²) in [7, 11) is 0. The van der Waals surface area contributed by atoms with E-state index in [0.29, 0.717) is 48.0 Å². The normalized spacial score (nSPS) is 29.3. The Labute approximate surface area is 239 Å². The van der Waals surface area contributed by atoms with Gasteiger partial charge in [-0.25, -0.2) is 0 Å². The lowest BCUT2D eigenvalue weighted by molar-refractivity contribution is -0.146. The van der Waals surface area contributed by atoms with Crippen LogP contribution in [0, 0.1) is 18.8 Å². The molecule has 5 rings (SSSR count). The molecule has 9 nitrogen and oxygen atoms in total. The highest BCUT2D eigenvalue weighted by atomic mass is 35.5. The Hall–Kier alpha value is -3.14. The fourth-order valence-corrected chi connectivity index (χ4v) is 7.14. The van der Waals surface area contributed by atoms with Gasteiger partial charge in [-0.1, -0.05) is 30.7 Å². The van der Waals surface area contributed by atoms with Gasteiger partial charge < -0.3 is 30.1 Å². The van der Waals surface area contributed by atoms with Crippen molar-refractivity contribution in [2.75, 3.05) is 23.8 Å². The van der Waals surface area contributed by atoms with Gasteiger partial charge in [-0.15, -0.1) is 0 Å². The number of benzene rings is 2. The van der Waals surface area contributed by atoms with Gasteiger partial charge in [-0.2, -0.15) is 0 Å². The predicted molar refractivity (Wildman–Crippen MR) is 151 cm³/mol. The molecule has 3 N–H and O–H groups in total. The molecule has 2 unspecified atom stereocenters. The first-order valence-electron chi connectivity index (χ1n) is 13.8. The lowest BCUT2D eigenvalue weighted by atomic mass is 9.66. The van der Waals surface area contributed by atoms with E-state index in [-0.39, 0.29) is 18.4 Å². The van der Waals surface area contributed by atoms with Crippen molar-refractivity contribution in [1.82, 2.24) is 4.90 Å². The Bertz CT molecular complexity index is 1290. The smallest absolute Gasteiger partial charge is 0.250 e. The number of anilines is 2. The van der Waals surface area contributed by atoms with E-state index < -0.39 is 41.0 Å². The number of aliphatic hydroxyl groups is 1. The third kappa shape index (κ3) is 4.44. The summed E-state index contributed by atoms with van der Waals surface area (Å²) in [6, 6.07) is 10.7. The van der Waals surface area contributed by atoms with E-state index in [9.17, 15) is 19.5 Å². The maximum Gasteiger partial charge on any atom is 0.250 e.